The molecule has 3 N–H and O–H groups in total. The maximum absolute atomic E-state index is 13.3. The van der Waals surface area contributed by atoms with Gasteiger partial charge in [0, 0.05) is 17.1 Å². The number of benzene rings is 1. The van der Waals surface area contributed by atoms with E-state index in [0.29, 0.717) is 0 Å². The predicted molar refractivity (Wildman–Crippen MR) is 62.0 cm³/mol. The number of nitrogens with one attached hydrogen (secondary N) is 1. The van der Waals surface area contributed by atoms with Crippen LogP contribution in [-0.2, 0) is 0 Å². The maximum Gasteiger partial charge on any atom is 0.254 e. The van der Waals surface area contributed by atoms with E-state index >= 15 is 0 Å². The molecule has 1 amide bonds. The monoisotopic (exact) mass is 244 g/mol. The van der Waals surface area contributed by atoms with Crippen molar-refractivity contribution in [2.45, 2.75) is 19.4 Å². The normalized spacial score (nSPS) is 11.3. The molecule has 1 aromatic rings. The van der Waals surface area contributed by atoms with Crippen LogP contribution in [0.1, 0.15) is 24.2 Å². The van der Waals surface area contributed by atoms with Gasteiger partial charge in [-0.25, -0.2) is 4.39 Å². The van der Waals surface area contributed by atoms with Crippen molar-refractivity contribution in [3.63, 3.8) is 0 Å². The highest BCUT2D eigenvalue weighted by atomic mass is 35.5. The molecule has 3 nitrogen and oxygen atoms in total. The molecular weight excluding hydrogens is 231 g/mol. The average Bonchev–Trinajstić information content (AvgIpc) is 2.13. The van der Waals surface area contributed by atoms with Crippen molar-refractivity contribution in [3.8, 4) is 0 Å². The van der Waals surface area contributed by atoms with Crippen LogP contribution in [0.25, 0.3) is 0 Å². The number of carbonyl (C=O) groups is 1. The van der Waals surface area contributed by atoms with Gasteiger partial charge in [0.05, 0.1) is 5.56 Å². The van der Waals surface area contributed by atoms with Crippen LogP contribution in [-0.4, -0.2) is 18.0 Å². The molecular formula is C11H14ClFN2O. The van der Waals surface area contributed by atoms with E-state index in [1.165, 1.54) is 12.1 Å². The van der Waals surface area contributed by atoms with Crippen LogP contribution < -0.4 is 11.1 Å². The van der Waals surface area contributed by atoms with Gasteiger partial charge in [-0.15, -0.1) is 0 Å². The Morgan fingerprint density at radius 1 is 1.56 bits per heavy atom. The Labute approximate surface area is 98.8 Å². The Morgan fingerprint density at radius 2 is 2.19 bits per heavy atom. The first-order valence-electron chi connectivity index (χ1n) is 4.82. The molecule has 0 aromatic heterocycles. The molecule has 0 heterocycles. The van der Waals surface area contributed by atoms with Crippen LogP contribution in [0.3, 0.4) is 0 Å². The van der Waals surface area contributed by atoms with Gasteiger partial charge in [0.1, 0.15) is 5.82 Å². The lowest BCUT2D eigenvalue weighted by Crippen LogP contribution is -2.45. The first-order valence-corrected chi connectivity index (χ1v) is 5.19. The molecule has 1 aromatic carbocycles. The standard InChI is InChI=1S/C11H14ClFN2O/c1-11(2,14)6-15-10(16)8-4-3-7(12)5-9(8)13/h3-5H,6,14H2,1-2H3,(H,15,16). The molecule has 0 saturated carbocycles. The molecule has 5 heteroatoms. The number of halogens is 2. The highest BCUT2D eigenvalue weighted by Gasteiger charge is 2.15. The summed E-state index contributed by atoms with van der Waals surface area (Å²) in [4.78, 5) is 11.6. The zero-order valence-corrected chi connectivity index (χ0v) is 9.94. The van der Waals surface area contributed by atoms with Gasteiger partial charge in [-0.1, -0.05) is 11.6 Å². The fourth-order valence-corrected chi connectivity index (χ4v) is 1.24. The molecule has 0 bridgehead atoms. The molecule has 0 saturated heterocycles. The van der Waals surface area contributed by atoms with E-state index in [1.807, 2.05) is 0 Å². The van der Waals surface area contributed by atoms with Gasteiger partial charge in [0.2, 0.25) is 0 Å². The van der Waals surface area contributed by atoms with Crippen LogP contribution in [0.4, 0.5) is 4.39 Å². The summed E-state index contributed by atoms with van der Waals surface area (Å²) >= 11 is 5.58. The summed E-state index contributed by atoms with van der Waals surface area (Å²) in [6.45, 7) is 3.81. The van der Waals surface area contributed by atoms with Crippen LogP contribution in [0.5, 0.6) is 0 Å². The van der Waals surface area contributed by atoms with Crippen LogP contribution in [0.15, 0.2) is 18.2 Å². The minimum Gasteiger partial charge on any atom is -0.350 e. The van der Waals surface area contributed by atoms with Crippen molar-refractivity contribution in [1.29, 1.82) is 0 Å². The highest BCUT2D eigenvalue weighted by molar-refractivity contribution is 6.30. The quantitative estimate of drug-likeness (QED) is 0.854. The number of hydrogen-bond acceptors (Lipinski definition) is 2. The van der Waals surface area contributed by atoms with Crippen molar-refractivity contribution in [2.24, 2.45) is 5.73 Å². The van der Waals surface area contributed by atoms with Gasteiger partial charge in [-0.05, 0) is 32.0 Å². The third-order valence-corrected chi connectivity index (χ3v) is 2.12. The summed E-state index contributed by atoms with van der Waals surface area (Å²) in [5.41, 5.74) is 5.13. The Balaban J connectivity index is 2.74. The van der Waals surface area contributed by atoms with E-state index < -0.39 is 17.3 Å². The lowest BCUT2D eigenvalue weighted by atomic mass is 10.1. The Bertz CT molecular complexity index is 401. The number of carbonyl (C=O) groups excluding carboxylic acids is 1. The largest absolute Gasteiger partial charge is 0.350 e. The Kier molecular flexibility index (Phi) is 3.88. The number of nitrogens with two attached hydrogens (primary N) is 1. The molecule has 0 spiro atoms. The fourth-order valence-electron chi connectivity index (χ4n) is 1.08. The lowest BCUT2D eigenvalue weighted by Gasteiger charge is -2.18. The van der Waals surface area contributed by atoms with E-state index in [4.69, 9.17) is 17.3 Å². The molecule has 1 rings (SSSR count). The van der Waals surface area contributed by atoms with Crippen molar-refractivity contribution < 1.29 is 9.18 Å². The molecule has 0 radical (unpaired) electrons. The van der Waals surface area contributed by atoms with Crippen molar-refractivity contribution >= 4 is 17.5 Å². The highest BCUT2D eigenvalue weighted by Crippen LogP contribution is 2.14. The van der Waals surface area contributed by atoms with Crippen molar-refractivity contribution in [1.82, 2.24) is 5.32 Å². The van der Waals surface area contributed by atoms with Gasteiger partial charge < -0.3 is 11.1 Å². The Hall–Kier alpha value is -1.13. The topological polar surface area (TPSA) is 55.1 Å². The molecule has 0 aliphatic carbocycles. The minimum absolute atomic E-state index is 0.0337. The summed E-state index contributed by atoms with van der Waals surface area (Å²) in [5, 5.41) is 2.81. The SMILES string of the molecule is CC(C)(N)CNC(=O)c1ccc(Cl)cc1F. The maximum atomic E-state index is 13.3. The zero-order valence-electron chi connectivity index (χ0n) is 9.18. The van der Waals surface area contributed by atoms with Crippen LogP contribution in [0.2, 0.25) is 5.02 Å². The van der Waals surface area contributed by atoms with Gasteiger partial charge in [-0.3, -0.25) is 4.79 Å². The number of amides is 1. The summed E-state index contributed by atoms with van der Waals surface area (Å²) in [6.07, 6.45) is 0. The lowest BCUT2D eigenvalue weighted by molar-refractivity contribution is 0.0942. The van der Waals surface area contributed by atoms with E-state index in [1.54, 1.807) is 13.8 Å². The molecule has 88 valence electrons. The first kappa shape index (κ1) is 12.9. The molecule has 0 fully saturated rings. The number of hydrogen-bond donors (Lipinski definition) is 2. The smallest absolute Gasteiger partial charge is 0.254 e. The summed E-state index contributed by atoms with van der Waals surface area (Å²) < 4.78 is 13.3. The Morgan fingerprint density at radius 3 is 2.69 bits per heavy atom. The third kappa shape index (κ3) is 3.79. The van der Waals surface area contributed by atoms with Gasteiger partial charge >= 0.3 is 0 Å². The third-order valence-electron chi connectivity index (χ3n) is 1.88. The van der Waals surface area contributed by atoms with Gasteiger partial charge in [0.25, 0.3) is 5.91 Å². The summed E-state index contributed by atoms with van der Waals surface area (Å²) in [6, 6.07) is 3.91. The molecule has 0 unspecified atom stereocenters. The predicted octanol–water partition coefficient (Wildman–Crippen LogP) is 1.95. The van der Waals surface area contributed by atoms with Crippen molar-refractivity contribution in [2.75, 3.05) is 6.54 Å². The summed E-state index contributed by atoms with van der Waals surface area (Å²) in [5.74, 6) is -1.13. The summed E-state index contributed by atoms with van der Waals surface area (Å²) in [7, 11) is 0. The van der Waals surface area contributed by atoms with Gasteiger partial charge in [0.15, 0.2) is 0 Å². The van der Waals surface area contributed by atoms with E-state index in [9.17, 15) is 9.18 Å². The van der Waals surface area contributed by atoms with Gasteiger partial charge in [-0.2, -0.15) is 0 Å². The van der Waals surface area contributed by atoms with E-state index in [2.05, 4.69) is 5.32 Å². The second-order valence-electron chi connectivity index (χ2n) is 4.30. The van der Waals surface area contributed by atoms with E-state index in [-0.39, 0.29) is 17.1 Å². The number of rotatable bonds is 3. The second-order valence-corrected chi connectivity index (χ2v) is 4.73. The average molecular weight is 245 g/mol. The minimum atomic E-state index is -0.639. The van der Waals surface area contributed by atoms with E-state index in [0.717, 1.165) is 6.07 Å². The van der Waals surface area contributed by atoms with Crippen LogP contribution >= 0.6 is 11.6 Å². The second kappa shape index (κ2) is 4.80. The zero-order chi connectivity index (χ0) is 12.3. The molecule has 0 aliphatic heterocycles. The van der Waals surface area contributed by atoms with Crippen LogP contribution in [0, 0.1) is 5.82 Å². The fraction of sp³-hybridized carbons (Fsp3) is 0.364. The molecule has 0 atom stereocenters. The first-order chi connectivity index (χ1) is 7.29. The molecule has 0 aliphatic rings. The van der Waals surface area contributed by atoms with Crippen molar-refractivity contribution in [3.05, 3.63) is 34.6 Å². The molecule has 16 heavy (non-hydrogen) atoms.